The molecule has 80 valence electrons. The van der Waals surface area contributed by atoms with Gasteiger partial charge < -0.3 is 4.74 Å². The molecule has 0 aromatic carbocycles. The average molecular weight is 204 g/mol. The summed E-state index contributed by atoms with van der Waals surface area (Å²) in [6.45, 7) is 3.44. The van der Waals surface area contributed by atoms with Gasteiger partial charge >= 0.3 is 5.97 Å². The number of esters is 1. The maximum atomic E-state index is 11.2. The van der Waals surface area contributed by atoms with Gasteiger partial charge in [-0.2, -0.15) is 0 Å². The molecule has 0 N–H and O–H groups in total. The Morgan fingerprint density at radius 3 is 3.13 bits per heavy atom. The summed E-state index contributed by atoms with van der Waals surface area (Å²) in [7, 11) is 0. The van der Waals surface area contributed by atoms with Gasteiger partial charge in [-0.3, -0.25) is 0 Å². The minimum atomic E-state index is -0.257. The lowest BCUT2D eigenvalue weighted by molar-refractivity contribution is -0.145. The summed E-state index contributed by atoms with van der Waals surface area (Å²) in [5.74, 6) is 1.09. The molecule has 15 heavy (non-hydrogen) atoms. The number of fused-ring (bicyclic) bond motifs is 4. The molecule has 3 unspecified atom stereocenters. The molecule has 0 aromatic rings. The van der Waals surface area contributed by atoms with E-state index in [0.29, 0.717) is 5.92 Å². The highest BCUT2D eigenvalue weighted by molar-refractivity contribution is 5.81. The normalized spacial score (nSPS) is 36.9. The highest BCUT2D eigenvalue weighted by Crippen LogP contribution is 2.55. The van der Waals surface area contributed by atoms with Gasteiger partial charge in [-0.25, -0.2) is 4.79 Å². The SMILES string of the molecule is C=CC(=O)OC1CC2=C3CCCC3C1C2. The number of carbonyl (C=O) groups is 1. The first-order valence-corrected chi connectivity index (χ1v) is 5.83. The van der Waals surface area contributed by atoms with Crippen molar-refractivity contribution in [3.05, 3.63) is 23.8 Å². The lowest BCUT2D eigenvalue weighted by Gasteiger charge is -2.26. The third-order valence-corrected chi connectivity index (χ3v) is 4.22. The van der Waals surface area contributed by atoms with Crippen LogP contribution >= 0.6 is 0 Å². The van der Waals surface area contributed by atoms with Gasteiger partial charge in [0.15, 0.2) is 0 Å². The van der Waals surface area contributed by atoms with Gasteiger partial charge in [-0.15, -0.1) is 0 Å². The molecule has 3 atom stereocenters. The van der Waals surface area contributed by atoms with Crippen LogP contribution in [0.15, 0.2) is 23.8 Å². The van der Waals surface area contributed by atoms with Crippen molar-refractivity contribution in [3.8, 4) is 0 Å². The summed E-state index contributed by atoms with van der Waals surface area (Å²) in [5, 5.41) is 0. The Kier molecular flexibility index (Phi) is 1.98. The summed E-state index contributed by atoms with van der Waals surface area (Å²) >= 11 is 0. The molecule has 2 heteroatoms. The van der Waals surface area contributed by atoms with Gasteiger partial charge in [0.05, 0.1) is 0 Å². The van der Waals surface area contributed by atoms with Crippen LogP contribution < -0.4 is 0 Å². The van der Waals surface area contributed by atoms with Crippen molar-refractivity contribution in [1.29, 1.82) is 0 Å². The topological polar surface area (TPSA) is 26.3 Å². The van der Waals surface area contributed by atoms with E-state index in [-0.39, 0.29) is 12.1 Å². The Bertz CT molecular complexity index is 354. The molecule has 0 aliphatic heterocycles. The van der Waals surface area contributed by atoms with E-state index in [1.165, 1.54) is 31.8 Å². The monoisotopic (exact) mass is 204 g/mol. The van der Waals surface area contributed by atoms with Crippen LogP contribution in [-0.4, -0.2) is 12.1 Å². The quantitative estimate of drug-likeness (QED) is 0.392. The molecule has 2 nitrogen and oxygen atoms in total. The number of hydrogen-bond acceptors (Lipinski definition) is 2. The van der Waals surface area contributed by atoms with E-state index in [4.69, 9.17) is 4.74 Å². The standard InChI is InChI=1S/C13H16O2/c1-2-13(14)15-12-7-8-6-11(12)10-5-3-4-9(8)10/h2,10-12H,1,3-7H2. The second-order valence-electron chi connectivity index (χ2n) is 4.88. The van der Waals surface area contributed by atoms with Crippen LogP contribution in [0.5, 0.6) is 0 Å². The van der Waals surface area contributed by atoms with Crippen molar-refractivity contribution < 1.29 is 9.53 Å². The first-order chi connectivity index (χ1) is 7.29. The third-order valence-electron chi connectivity index (χ3n) is 4.22. The summed E-state index contributed by atoms with van der Waals surface area (Å²) in [5.41, 5.74) is 3.32. The molecular formula is C13H16O2. The molecule has 0 aromatic heterocycles. The minimum absolute atomic E-state index is 0.150. The van der Waals surface area contributed by atoms with Gasteiger partial charge in [-0.05, 0) is 31.6 Å². The van der Waals surface area contributed by atoms with Gasteiger partial charge in [0, 0.05) is 18.4 Å². The largest absolute Gasteiger partial charge is 0.459 e. The van der Waals surface area contributed by atoms with Crippen molar-refractivity contribution in [2.24, 2.45) is 11.8 Å². The number of ether oxygens (including phenoxy) is 1. The van der Waals surface area contributed by atoms with E-state index in [1.54, 1.807) is 11.1 Å². The van der Waals surface area contributed by atoms with E-state index in [9.17, 15) is 4.79 Å². The van der Waals surface area contributed by atoms with Crippen LogP contribution in [0.1, 0.15) is 32.1 Å². The summed E-state index contributed by atoms with van der Waals surface area (Å²) in [4.78, 5) is 11.2. The van der Waals surface area contributed by atoms with Gasteiger partial charge in [-0.1, -0.05) is 17.7 Å². The van der Waals surface area contributed by atoms with Crippen LogP contribution in [0.3, 0.4) is 0 Å². The van der Waals surface area contributed by atoms with Gasteiger partial charge in [0.25, 0.3) is 0 Å². The fourth-order valence-corrected chi connectivity index (χ4v) is 3.67. The minimum Gasteiger partial charge on any atom is -0.459 e. The van der Waals surface area contributed by atoms with Crippen LogP contribution in [0, 0.1) is 11.8 Å². The molecule has 2 fully saturated rings. The van der Waals surface area contributed by atoms with Crippen molar-refractivity contribution in [3.63, 3.8) is 0 Å². The molecule has 3 aliphatic carbocycles. The number of carbonyl (C=O) groups excluding carboxylic acids is 1. The maximum absolute atomic E-state index is 11.2. The van der Waals surface area contributed by atoms with Gasteiger partial charge in [0.1, 0.15) is 6.10 Å². The number of allylic oxidation sites excluding steroid dienone is 1. The highest BCUT2D eigenvalue weighted by atomic mass is 16.5. The van der Waals surface area contributed by atoms with Crippen LogP contribution in [-0.2, 0) is 9.53 Å². The number of hydrogen-bond donors (Lipinski definition) is 0. The summed E-state index contributed by atoms with van der Waals surface area (Å²) < 4.78 is 5.41. The first-order valence-electron chi connectivity index (χ1n) is 5.83. The lowest BCUT2D eigenvalue weighted by Crippen LogP contribution is -2.27. The van der Waals surface area contributed by atoms with Crippen molar-refractivity contribution >= 4 is 5.97 Å². The average Bonchev–Trinajstić information content (AvgIpc) is 2.87. The first kappa shape index (κ1) is 9.20. The zero-order valence-electron chi connectivity index (χ0n) is 8.87. The second-order valence-corrected chi connectivity index (χ2v) is 4.88. The molecule has 0 saturated heterocycles. The zero-order chi connectivity index (χ0) is 10.4. The van der Waals surface area contributed by atoms with Crippen molar-refractivity contribution in [1.82, 2.24) is 0 Å². The highest BCUT2D eigenvalue weighted by Gasteiger charge is 2.48. The smallest absolute Gasteiger partial charge is 0.330 e. The lowest BCUT2D eigenvalue weighted by atomic mass is 9.86. The molecule has 2 bridgehead atoms. The summed E-state index contributed by atoms with van der Waals surface area (Å²) in [6, 6.07) is 0. The Morgan fingerprint density at radius 1 is 1.47 bits per heavy atom. The Hall–Kier alpha value is -1.05. The van der Waals surface area contributed by atoms with Crippen LogP contribution in [0.4, 0.5) is 0 Å². The molecule has 0 radical (unpaired) electrons. The van der Waals surface area contributed by atoms with Crippen molar-refractivity contribution in [2.45, 2.75) is 38.2 Å². The van der Waals surface area contributed by atoms with Crippen molar-refractivity contribution in [2.75, 3.05) is 0 Å². The third kappa shape index (κ3) is 1.27. The Balaban J connectivity index is 1.77. The number of rotatable bonds is 2. The molecule has 0 amide bonds. The molecule has 3 aliphatic rings. The van der Waals surface area contributed by atoms with Crippen LogP contribution in [0.25, 0.3) is 0 Å². The predicted molar refractivity (Wildman–Crippen MR) is 57.2 cm³/mol. The molecule has 0 heterocycles. The fraction of sp³-hybridized carbons (Fsp3) is 0.615. The molecule has 3 rings (SSSR count). The van der Waals surface area contributed by atoms with E-state index in [2.05, 4.69) is 6.58 Å². The van der Waals surface area contributed by atoms with E-state index in [0.717, 1.165) is 12.3 Å². The Labute approximate surface area is 90.0 Å². The second kappa shape index (κ2) is 3.22. The maximum Gasteiger partial charge on any atom is 0.330 e. The zero-order valence-corrected chi connectivity index (χ0v) is 8.87. The molecule has 2 saturated carbocycles. The molecule has 0 spiro atoms. The van der Waals surface area contributed by atoms with Crippen LogP contribution in [0.2, 0.25) is 0 Å². The fourth-order valence-electron chi connectivity index (χ4n) is 3.67. The Morgan fingerprint density at radius 2 is 2.33 bits per heavy atom. The van der Waals surface area contributed by atoms with E-state index < -0.39 is 0 Å². The molecular weight excluding hydrogens is 188 g/mol. The van der Waals surface area contributed by atoms with Gasteiger partial charge in [0.2, 0.25) is 0 Å². The predicted octanol–water partition coefficient (Wildman–Crippen LogP) is 2.60. The van der Waals surface area contributed by atoms with E-state index >= 15 is 0 Å². The van der Waals surface area contributed by atoms with E-state index in [1.807, 2.05) is 0 Å². The summed E-state index contributed by atoms with van der Waals surface area (Å²) in [6.07, 6.45) is 7.56.